The Bertz CT molecular complexity index is 589. The van der Waals surface area contributed by atoms with Crippen molar-refractivity contribution in [2.24, 2.45) is 5.92 Å². The molecule has 21 heavy (non-hydrogen) atoms. The van der Waals surface area contributed by atoms with E-state index in [0.717, 1.165) is 29.1 Å². The molecule has 0 unspecified atom stereocenters. The average Bonchev–Trinajstić information content (AvgIpc) is 2.96. The van der Waals surface area contributed by atoms with E-state index >= 15 is 0 Å². The average molecular weight is 304 g/mol. The molecule has 4 nitrogen and oxygen atoms in total. The summed E-state index contributed by atoms with van der Waals surface area (Å²) in [6.07, 6.45) is 1.72. The summed E-state index contributed by atoms with van der Waals surface area (Å²) in [4.78, 5) is 16.4. The Hall–Kier alpha value is -1.88. The molecule has 0 spiro atoms. The van der Waals surface area contributed by atoms with Gasteiger partial charge in [-0.15, -0.1) is 11.3 Å². The van der Waals surface area contributed by atoms with Crippen molar-refractivity contribution in [1.29, 1.82) is 0 Å². The third-order valence-electron chi connectivity index (χ3n) is 3.49. The van der Waals surface area contributed by atoms with Crippen LogP contribution in [0.25, 0.3) is 11.3 Å². The fourth-order valence-corrected chi connectivity index (χ4v) is 2.87. The van der Waals surface area contributed by atoms with Crippen LogP contribution in [0, 0.1) is 5.92 Å². The molecule has 1 amide bonds. The van der Waals surface area contributed by atoms with Gasteiger partial charge in [-0.2, -0.15) is 0 Å². The van der Waals surface area contributed by atoms with Gasteiger partial charge in [-0.3, -0.25) is 4.79 Å². The number of rotatable bonds is 6. The number of nitrogens with zero attached hydrogens (tertiary/aromatic N) is 1. The van der Waals surface area contributed by atoms with Gasteiger partial charge in [-0.25, -0.2) is 4.98 Å². The lowest BCUT2D eigenvalue weighted by Crippen LogP contribution is -2.29. The quantitative estimate of drug-likeness (QED) is 0.857. The summed E-state index contributed by atoms with van der Waals surface area (Å²) in [5.74, 6) is 0.426. The zero-order chi connectivity index (χ0) is 15.2. The number of hydrogen-bond donors (Lipinski definition) is 2. The van der Waals surface area contributed by atoms with Crippen LogP contribution in [-0.4, -0.2) is 16.0 Å². The molecular weight excluding hydrogens is 284 g/mol. The molecule has 0 saturated carbocycles. The molecule has 0 bridgehead atoms. The van der Waals surface area contributed by atoms with Crippen molar-refractivity contribution < 1.29 is 9.90 Å². The predicted octanol–water partition coefficient (Wildman–Crippen LogP) is 3.57. The largest absolute Gasteiger partial charge is 0.508 e. The van der Waals surface area contributed by atoms with Crippen molar-refractivity contribution in [3.8, 4) is 17.0 Å². The van der Waals surface area contributed by atoms with Gasteiger partial charge in [0.1, 0.15) is 10.8 Å². The van der Waals surface area contributed by atoms with Gasteiger partial charge in [-0.1, -0.05) is 13.8 Å². The van der Waals surface area contributed by atoms with E-state index in [1.165, 1.54) is 11.3 Å². The third-order valence-corrected chi connectivity index (χ3v) is 4.33. The first kappa shape index (κ1) is 15.5. The number of carbonyl (C=O) groups excluding carboxylic acids is 1. The molecule has 2 N–H and O–H groups in total. The van der Waals surface area contributed by atoms with Gasteiger partial charge in [0, 0.05) is 16.9 Å². The predicted molar refractivity (Wildman–Crippen MR) is 85.1 cm³/mol. The highest BCUT2D eigenvalue weighted by Gasteiger charge is 2.14. The fraction of sp³-hybridized carbons (Fsp3) is 0.375. The number of aromatic nitrogens is 1. The van der Waals surface area contributed by atoms with E-state index in [-0.39, 0.29) is 17.6 Å². The molecule has 0 aliphatic heterocycles. The number of phenols is 1. The van der Waals surface area contributed by atoms with Crippen LogP contribution >= 0.6 is 11.3 Å². The Morgan fingerprint density at radius 3 is 2.57 bits per heavy atom. The van der Waals surface area contributed by atoms with E-state index in [2.05, 4.69) is 10.3 Å². The Kier molecular flexibility index (Phi) is 5.33. The minimum absolute atomic E-state index is 0.0848. The molecule has 1 aromatic heterocycles. The van der Waals surface area contributed by atoms with Crippen LogP contribution in [0.5, 0.6) is 5.75 Å². The van der Waals surface area contributed by atoms with Crippen molar-refractivity contribution >= 4 is 17.2 Å². The standard InChI is InChI=1S/C16H20N2O2S/c1-3-11(4-2)16(20)17-9-15-18-14(10-21-15)12-5-7-13(19)8-6-12/h5-8,10-11,19H,3-4,9H2,1-2H3,(H,17,20). The van der Waals surface area contributed by atoms with Gasteiger partial charge in [0.2, 0.25) is 5.91 Å². The SMILES string of the molecule is CCC(CC)C(=O)NCc1nc(-c2ccc(O)cc2)cs1. The first-order chi connectivity index (χ1) is 10.1. The van der Waals surface area contributed by atoms with E-state index in [1.54, 1.807) is 12.1 Å². The second-order valence-electron chi connectivity index (χ2n) is 4.90. The maximum atomic E-state index is 11.9. The summed E-state index contributed by atoms with van der Waals surface area (Å²) in [5.41, 5.74) is 1.83. The number of hydrogen-bond acceptors (Lipinski definition) is 4. The van der Waals surface area contributed by atoms with Gasteiger partial charge >= 0.3 is 0 Å². The number of aromatic hydroxyl groups is 1. The van der Waals surface area contributed by atoms with Gasteiger partial charge in [0.05, 0.1) is 12.2 Å². The Morgan fingerprint density at radius 1 is 1.29 bits per heavy atom. The maximum absolute atomic E-state index is 11.9. The first-order valence-corrected chi connectivity index (χ1v) is 8.03. The lowest BCUT2D eigenvalue weighted by Gasteiger charge is -2.11. The van der Waals surface area contributed by atoms with E-state index in [4.69, 9.17) is 0 Å². The molecule has 0 saturated heterocycles. The Balaban J connectivity index is 1.97. The maximum Gasteiger partial charge on any atom is 0.223 e. The fourth-order valence-electron chi connectivity index (χ4n) is 2.12. The second kappa shape index (κ2) is 7.22. The molecule has 0 fully saturated rings. The van der Waals surface area contributed by atoms with E-state index in [1.807, 2.05) is 31.4 Å². The number of carbonyl (C=O) groups is 1. The van der Waals surface area contributed by atoms with Crippen molar-refractivity contribution in [3.63, 3.8) is 0 Å². The number of phenolic OH excluding ortho intramolecular Hbond substituents is 1. The van der Waals surface area contributed by atoms with Gasteiger partial charge in [-0.05, 0) is 37.1 Å². The topological polar surface area (TPSA) is 62.2 Å². The molecule has 1 aromatic carbocycles. The zero-order valence-electron chi connectivity index (χ0n) is 12.3. The summed E-state index contributed by atoms with van der Waals surface area (Å²) >= 11 is 1.53. The number of amides is 1. The van der Waals surface area contributed by atoms with Gasteiger partial charge in [0.25, 0.3) is 0 Å². The van der Waals surface area contributed by atoms with Crippen LogP contribution in [0.4, 0.5) is 0 Å². The van der Waals surface area contributed by atoms with Gasteiger partial charge in [0.15, 0.2) is 0 Å². The summed E-state index contributed by atoms with van der Waals surface area (Å²) in [5, 5.41) is 15.1. The summed E-state index contributed by atoms with van der Waals surface area (Å²) in [6.45, 7) is 4.53. The molecule has 2 aromatic rings. The third kappa shape index (κ3) is 4.04. The monoisotopic (exact) mass is 304 g/mol. The molecule has 112 valence electrons. The summed E-state index contributed by atoms with van der Waals surface area (Å²) in [6, 6.07) is 6.94. The highest BCUT2D eigenvalue weighted by atomic mass is 32.1. The molecule has 0 aliphatic rings. The lowest BCUT2D eigenvalue weighted by atomic mass is 10.0. The molecule has 5 heteroatoms. The highest BCUT2D eigenvalue weighted by Crippen LogP contribution is 2.23. The van der Waals surface area contributed by atoms with E-state index in [0.29, 0.717) is 6.54 Å². The van der Waals surface area contributed by atoms with Crippen molar-refractivity contribution in [2.75, 3.05) is 0 Å². The minimum Gasteiger partial charge on any atom is -0.508 e. The molecule has 0 radical (unpaired) electrons. The number of nitrogens with one attached hydrogen (secondary N) is 1. The van der Waals surface area contributed by atoms with Crippen molar-refractivity contribution in [3.05, 3.63) is 34.7 Å². The normalized spacial score (nSPS) is 10.8. The zero-order valence-corrected chi connectivity index (χ0v) is 13.1. The Labute approximate surface area is 128 Å². The molecule has 2 rings (SSSR count). The Morgan fingerprint density at radius 2 is 1.95 bits per heavy atom. The lowest BCUT2D eigenvalue weighted by molar-refractivity contribution is -0.125. The number of benzene rings is 1. The van der Waals surface area contributed by atoms with E-state index < -0.39 is 0 Å². The smallest absolute Gasteiger partial charge is 0.223 e. The van der Waals surface area contributed by atoms with E-state index in [9.17, 15) is 9.90 Å². The molecule has 1 heterocycles. The number of thiazole rings is 1. The van der Waals surface area contributed by atoms with Crippen LogP contribution in [-0.2, 0) is 11.3 Å². The van der Waals surface area contributed by atoms with Crippen molar-refractivity contribution in [1.82, 2.24) is 10.3 Å². The molecule has 0 aliphatic carbocycles. The van der Waals surface area contributed by atoms with Gasteiger partial charge < -0.3 is 10.4 Å². The first-order valence-electron chi connectivity index (χ1n) is 7.15. The summed E-state index contributed by atoms with van der Waals surface area (Å²) < 4.78 is 0. The molecular formula is C16H20N2O2S. The van der Waals surface area contributed by atoms with Crippen LogP contribution in [0.15, 0.2) is 29.6 Å². The van der Waals surface area contributed by atoms with Crippen LogP contribution < -0.4 is 5.32 Å². The molecule has 0 atom stereocenters. The second-order valence-corrected chi connectivity index (χ2v) is 5.85. The highest BCUT2D eigenvalue weighted by molar-refractivity contribution is 7.09. The van der Waals surface area contributed by atoms with Crippen molar-refractivity contribution in [2.45, 2.75) is 33.2 Å². The summed E-state index contributed by atoms with van der Waals surface area (Å²) in [7, 11) is 0. The van der Waals surface area contributed by atoms with Crippen LogP contribution in [0.1, 0.15) is 31.7 Å². The minimum atomic E-state index is 0.0848. The van der Waals surface area contributed by atoms with Crippen LogP contribution in [0.3, 0.4) is 0 Å². The van der Waals surface area contributed by atoms with Crippen LogP contribution in [0.2, 0.25) is 0 Å².